The molecule has 0 aliphatic rings. The maximum absolute atomic E-state index is 12.7. The average molecular weight is 182 g/mol. The topological polar surface area (TPSA) is 0 Å². The minimum absolute atomic E-state index is 0.580. The Labute approximate surface area is 66.1 Å². The van der Waals surface area contributed by atoms with Crippen molar-refractivity contribution in [3.8, 4) is 0 Å². The summed E-state index contributed by atoms with van der Waals surface area (Å²) in [5, 5.41) is 0. The van der Waals surface area contributed by atoms with Gasteiger partial charge < -0.3 is 0 Å². The normalized spacial score (nSPS) is 11.5. The van der Waals surface area contributed by atoms with Gasteiger partial charge in [0.25, 0.3) is 6.08 Å². The van der Waals surface area contributed by atoms with E-state index in [9.17, 15) is 13.2 Å². The van der Waals surface area contributed by atoms with Gasteiger partial charge in [-0.05, 0) is 0 Å². The van der Waals surface area contributed by atoms with Crippen LogP contribution in [-0.4, -0.2) is 8.07 Å². The molecule has 0 bridgehead atoms. The highest BCUT2D eigenvalue weighted by atomic mass is 28.3. The molecule has 0 saturated carbocycles. The van der Waals surface area contributed by atoms with Crippen LogP contribution in [0.15, 0.2) is 11.5 Å². The van der Waals surface area contributed by atoms with Crippen molar-refractivity contribution in [1.82, 2.24) is 0 Å². The first-order chi connectivity index (χ1) is 4.91. The van der Waals surface area contributed by atoms with E-state index in [1.54, 1.807) is 13.1 Å². The fraction of sp³-hybridized carbons (Fsp3) is 0.714. The Morgan fingerprint density at radius 1 is 1.18 bits per heavy atom. The van der Waals surface area contributed by atoms with Crippen LogP contribution >= 0.6 is 0 Å². The Morgan fingerprint density at radius 2 is 1.64 bits per heavy atom. The minimum atomic E-state index is -2.41. The Morgan fingerprint density at radius 3 is 1.91 bits per heavy atom. The summed E-state index contributed by atoms with van der Waals surface area (Å²) in [5.41, 5.74) is -1.14. The van der Waals surface area contributed by atoms with Crippen LogP contribution in [0.4, 0.5) is 13.2 Å². The second kappa shape index (κ2) is 3.95. The fourth-order valence-corrected chi connectivity index (χ4v) is 2.97. The van der Waals surface area contributed by atoms with Crippen LogP contribution in [0.3, 0.4) is 0 Å². The van der Waals surface area contributed by atoms with Gasteiger partial charge in [-0.2, -0.15) is 8.78 Å². The molecule has 11 heavy (non-hydrogen) atoms. The predicted molar refractivity (Wildman–Crippen MR) is 42.9 cm³/mol. The molecule has 0 nitrogen and oxygen atoms in total. The predicted octanol–water partition coefficient (Wildman–Crippen LogP) is 3.72. The minimum Gasteiger partial charge on any atom is -0.212 e. The van der Waals surface area contributed by atoms with E-state index in [2.05, 4.69) is 0 Å². The van der Waals surface area contributed by atoms with E-state index >= 15 is 0 Å². The molecular weight excluding hydrogens is 169 g/mol. The zero-order valence-corrected chi connectivity index (χ0v) is 8.05. The van der Waals surface area contributed by atoms with Gasteiger partial charge in [0, 0.05) is 0 Å². The van der Waals surface area contributed by atoms with E-state index in [-0.39, 0.29) is 0 Å². The lowest BCUT2D eigenvalue weighted by Crippen LogP contribution is -2.26. The Bertz CT molecular complexity index is 159. The Hall–Kier alpha value is -0.253. The first kappa shape index (κ1) is 10.7. The van der Waals surface area contributed by atoms with Crippen molar-refractivity contribution in [3.05, 3.63) is 11.5 Å². The molecule has 0 heterocycles. The molecule has 0 amide bonds. The van der Waals surface area contributed by atoms with Gasteiger partial charge in [-0.1, -0.05) is 32.5 Å². The fourth-order valence-electron chi connectivity index (χ4n) is 0.991. The SMILES string of the molecule is CCC[Si](C)(C)C(F)=C(F)F. The second-order valence-corrected chi connectivity index (χ2v) is 7.92. The summed E-state index contributed by atoms with van der Waals surface area (Å²) in [5.74, 6) is 0. The molecule has 0 atom stereocenters. The van der Waals surface area contributed by atoms with E-state index in [1.165, 1.54) is 0 Å². The van der Waals surface area contributed by atoms with Crippen LogP contribution in [0.1, 0.15) is 13.3 Å². The Kier molecular flexibility index (Phi) is 3.86. The van der Waals surface area contributed by atoms with Gasteiger partial charge >= 0.3 is 0 Å². The summed E-state index contributed by atoms with van der Waals surface area (Å²) in [6.07, 6.45) is -1.37. The molecule has 0 aromatic heterocycles. The van der Waals surface area contributed by atoms with Crippen LogP contribution in [0.25, 0.3) is 0 Å². The number of hydrogen-bond donors (Lipinski definition) is 0. The lowest BCUT2D eigenvalue weighted by molar-refractivity contribution is 0.390. The molecule has 0 N–H and O–H groups in total. The van der Waals surface area contributed by atoms with Crippen molar-refractivity contribution in [1.29, 1.82) is 0 Å². The van der Waals surface area contributed by atoms with Gasteiger partial charge in [0.05, 0.1) is 0 Å². The molecule has 0 aromatic carbocycles. The van der Waals surface area contributed by atoms with Gasteiger partial charge in [-0.25, -0.2) is 4.39 Å². The molecule has 0 saturated heterocycles. The van der Waals surface area contributed by atoms with Crippen LogP contribution in [0.5, 0.6) is 0 Å². The quantitative estimate of drug-likeness (QED) is 0.583. The van der Waals surface area contributed by atoms with Gasteiger partial charge in [0.1, 0.15) is 13.5 Å². The van der Waals surface area contributed by atoms with Crippen molar-refractivity contribution in [3.63, 3.8) is 0 Å². The third-order valence-corrected chi connectivity index (χ3v) is 4.76. The zero-order valence-electron chi connectivity index (χ0n) is 7.05. The van der Waals surface area contributed by atoms with Crippen molar-refractivity contribution in [2.75, 3.05) is 0 Å². The van der Waals surface area contributed by atoms with Crippen LogP contribution < -0.4 is 0 Å². The smallest absolute Gasteiger partial charge is 0.212 e. The molecule has 0 aliphatic carbocycles. The summed E-state index contributed by atoms with van der Waals surface area (Å²) in [6.45, 7) is 5.11. The third-order valence-electron chi connectivity index (χ3n) is 1.64. The van der Waals surface area contributed by atoms with Gasteiger partial charge in [0.15, 0.2) is 0 Å². The largest absolute Gasteiger partial charge is 0.296 e. The molecule has 0 spiro atoms. The monoisotopic (exact) mass is 182 g/mol. The number of halogens is 3. The second-order valence-electron chi connectivity index (χ2n) is 3.21. The molecular formula is C7H13F3Si. The first-order valence-electron chi connectivity index (χ1n) is 3.63. The molecule has 4 heteroatoms. The number of rotatable bonds is 3. The van der Waals surface area contributed by atoms with E-state index in [0.717, 1.165) is 6.42 Å². The highest BCUT2D eigenvalue weighted by Gasteiger charge is 2.29. The van der Waals surface area contributed by atoms with Crippen LogP contribution in [0, 0.1) is 0 Å². The van der Waals surface area contributed by atoms with Crippen molar-refractivity contribution in [2.45, 2.75) is 32.5 Å². The summed E-state index contributed by atoms with van der Waals surface area (Å²) < 4.78 is 36.3. The molecule has 0 rings (SSSR count). The number of hydrogen-bond acceptors (Lipinski definition) is 0. The van der Waals surface area contributed by atoms with E-state index < -0.39 is 19.6 Å². The van der Waals surface area contributed by atoms with Crippen molar-refractivity contribution < 1.29 is 13.2 Å². The zero-order chi connectivity index (χ0) is 9.07. The summed E-state index contributed by atoms with van der Waals surface area (Å²) in [7, 11) is -2.41. The highest BCUT2D eigenvalue weighted by Crippen LogP contribution is 2.26. The van der Waals surface area contributed by atoms with Gasteiger partial charge in [0.2, 0.25) is 0 Å². The summed E-state index contributed by atoms with van der Waals surface area (Å²) in [6, 6.07) is 0.580. The van der Waals surface area contributed by atoms with Gasteiger partial charge in [-0.3, -0.25) is 0 Å². The average Bonchev–Trinajstić information content (AvgIpc) is 1.86. The molecule has 0 aliphatic heterocycles. The first-order valence-corrected chi connectivity index (χ1v) is 6.83. The Balaban J connectivity index is 4.42. The van der Waals surface area contributed by atoms with E-state index in [4.69, 9.17) is 0 Å². The summed E-state index contributed by atoms with van der Waals surface area (Å²) >= 11 is 0. The lowest BCUT2D eigenvalue weighted by Gasteiger charge is -2.17. The lowest BCUT2D eigenvalue weighted by atomic mass is 10.6. The van der Waals surface area contributed by atoms with Crippen molar-refractivity contribution in [2.24, 2.45) is 0 Å². The third kappa shape index (κ3) is 3.10. The molecule has 0 radical (unpaired) electrons. The maximum Gasteiger partial charge on any atom is 0.296 e. The standard InChI is InChI=1S/C7H13F3Si/c1-4-5-11(2,3)7(10)6(8)9/h4-5H2,1-3H3. The highest BCUT2D eigenvalue weighted by molar-refractivity contribution is 6.83. The van der Waals surface area contributed by atoms with Crippen LogP contribution in [0.2, 0.25) is 19.1 Å². The molecule has 0 fully saturated rings. The van der Waals surface area contributed by atoms with E-state index in [0.29, 0.717) is 6.04 Å². The molecule has 0 unspecified atom stereocenters. The molecule has 0 aromatic rings. The van der Waals surface area contributed by atoms with E-state index in [1.807, 2.05) is 6.92 Å². The maximum atomic E-state index is 12.7. The summed E-state index contributed by atoms with van der Waals surface area (Å²) in [4.78, 5) is 0. The van der Waals surface area contributed by atoms with Gasteiger partial charge in [-0.15, -0.1) is 0 Å². The van der Waals surface area contributed by atoms with Crippen molar-refractivity contribution >= 4 is 8.07 Å². The molecule has 66 valence electrons. The van der Waals surface area contributed by atoms with Crippen LogP contribution in [-0.2, 0) is 0 Å².